The van der Waals surface area contributed by atoms with Crippen molar-refractivity contribution >= 4 is 46.8 Å². The summed E-state index contributed by atoms with van der Waals surface area (Å²) in [5, 5.41) is 3.25. The van der Waals surface area contributed by atoms with Crippen molar-refractivity contribution in [2.75, 3.05) is 11.9 Å². The monoisotopic (exact) mass is 367 g/mol. The largest absolute Gasteiger partial charge is 0.452 e. The molecule has 0 unspecified atom stereocenters. The number of hydrogen-bond donors (Lipinski definition) is 1. The summed E-state index contributed by atoms with van der Waals surface area (Å²) in [6.07, 6.45) is 2.60. The molecule has 4 nitrogen and oxygen atoms in total. The minimum Gasteiger partial charge on any atom is -0.452 e. The number of esters is 1. The van der Waals surface area contributed by atoms with Gasteiger partial charge < -0.3 is 10.1 Å². The molecule has 0 spiro atoms. The third-order valence-corrected chi connectivity index (χ3v) is 3.21. The molecular weight excluding hydrogens is 356 g/mol. The van der Waals surface area contributed by atoms with Gasteiger partial charge in [0, 0.05) is 21.8 Å². The Balaban J connectivity index is 1.82. The molecule has 2 rings (SSSR count). The normalized spacial score (nSPS) is 10.6. The third kappa shape index (κ3) is 6.02. The van der Waals surface area contributed by atoms with Crippen molar-refractivity contribution in [3.05, 3.63) is 70.0 Å². The van der Waals surface area contributed by atoms with E-state index in [0.29, 0.717) is 21.3 Å². The molecule has 0 radical (unpaired) electrons. The van der Waals surface area contributed by atoms with Crippen molar-refractivity contribution in [1.29, 1.82) is 0 Å². The van der Waals surface area contributed by atoms with Crippen LogP contribution in [-0.4, -0.2) is 18.5 Å². The predicted molar refractivity (Wildman–Crippen MR) is 91.5 cm³/mol. The van der Waals surface area contributed by atoms with E-state index in [2.05, 4.69) is 5.32 Å². The first-order valence-electron chi connectivity index (χ1n) is 6.79. The number of amides is 1. The molecule has 0 aliphatic rings. The first-order chi connectivity index (χ1) is 11.4. The maximum Gasteiger partial charge on any atom is 0.331 e. The van der Waals surface area contributed by atoms with Crippen LogP contribution >= 0.6 is 23.2 Å². The predicted octanol–water partition coefficient (Wildman–Crippen LogP) is 4.33. The van der Waals surface area contributed by atoms with E-state index in [1.165, 1.54) is 48.5 Å². The van der Waals surface area contributed by atoms with Crippen LogP contribution in [0.4, 0.5) is 10.1 Å². The summed E-state index contributed by atoms with van der Waals surface area (Å²) in [5.41, 5.74) is 1.03. The highest BCUT2D eigenvalue weighted by molar-refractivity contribution is 6.35. The molecule has 0 saturated carbocycles. The number of nitrogens with one attached hydrogen (secondary N) is 1. The van der Waals surface area contributed by atoms with Crippen LogP contribution in [-0.2, 0) is 14.3 Å². The number of ether oxygens (including phenoxy) is 1. The average molecular weight is 368 g/mol. The van der Waals surface area contributed by atoms with Crippen LogP contribution in [0.15, 0.2) is 48.5 Å². The van der Waals surface area contributed by atoms with E-state index in [9.17, 15) is 14.0 Å². The molecule has 124 valence electrons. The zero-order valence-electron chi connectivity index (χ0n) is 12.3. The number of anilines is 1. The Morgan fingerprint density at radius 2 is 1.71 bits per heavy atom. The molecule has 1 N–H and O–H groups in total. The van der Waals surface area contributed by atoms with Gasteiger partial charge in [-0.25, -0.2) is 9.18 Å². The summed E-state index contributed by atoms with van der Waals surface area (Å²) in [7, 11) is 0. The minimum absolute atomic E-state index is 0.368. The molecule has 0 saturated heterocycles. The zero-order chi connectivity index (χ0) is 17.5. The fraction of sp³-hybridized carbons (Fsp3) is 0.0588. The molecule has 0 aliphatic carbocycles. The van der Waals surface area contributed by atoms with E-state index in [1.807, 2.05) is 0 Å². The summed E-state index contributed by atoms with van der Waals surface area (Å²) in [5.74, 6) is -1.59. The van der Waals surface area contributed by atoms with Gasteiger partial charge in [-0.05, 0) is 42.0 Å². The Kier molecular flexibility index (Phi) is 6.35. The summed E-state index contributed by atoms with van der Waals surface area (Å²) < 4.78 is 17.6. The first kappa shape index (κ1) is 18.0. The maximum atomic E-state index is 12.7. The van der Waals surface area contributed by atoms with Crippen LogP contribution in [0.3, 0.4) is 0 Å². The van der Waals surface area contributed by atoms with E-state index in [4.69, 9.17) is 27.9 Å². The number of carbonyl (C=O) groups is 2. The number of halogens is 3. The molecule has 1 amide bonds. The van der Waals surface area contributed by atoms with Crippen molar-refractivity contribution in [3.8, 4) is 0 Å². The number of rotatable bonds is 5. The highest BCUT2D eigenvalue weighted by Crippen LogP contribution is 2.22. The fourth-order valence-corrected chi connectivity index (χ4v) is 2.27. The van der Waals surface area contributed by atoms with E-state index >= 15 is 0 Å². The maximum absolute atomic E-state index is 12.7. The second kappa shape index (κ2) is 8.47. The molecule has 0 aromatic heterocycles. The molecule has 2 aromatic rings. The first-order valence-corrected chi connectivity index (χ1v) is 7.54. The minimum atomic E-state index is -0.696. The van der Waals surface area contributed by atoms with Gasteiger partial charge in [0.25, 0.3) is 5.91 Å². The van der Waals surface area contributed by atoms with Crippen LogP contribution in [0.2, 0.25) is 10.0 Å². The summed E-state index contributed by atoms with van der Waals surface area (Å²) in [6.45, 7) is -0.462. The standard InChI is InChI=1S/C17H12Cl2FNO3/c18-12-7-13(19)9-15(8-12)21-16(22)10-24-17(23)6-3-11-1-4-14(20)5-2-11/h1-9H,10H2,(H,21,22). The molecular formula is C17H12Cl2FNO3. The van der Waals surface area contributed by atoms with Crippen molar-refractivity contribution in [2.24, 2.45) is 0 Å². The van der Waals surface area contributed by atoms with Gasteiger partial charge in [-0.15, -0.1) is 0 Å². The Bertz CT molecular complexity index is 756. The second-order valence-electron chi connectivity index (χ2n) is 4.70. The molecule has 0 fully saturated rings. The fourth-order valence-electron chi connectivity index (χ4n) is 1.75. The van der Waals surface area contributed by atoms with Crippen molar-refractivity contribution in [2.45, 2.75) is 0 Å². The smallest absolute Gasteiger partial charge is 0.331 e. The highest BCUT2D eigenvalue weighted by atomic mass is 35.5. The summed E-state index contributed by atoms with van der Waals surface area (Å²) >= 11 is 11.6. The average Bonchev–Trinajstić information content (AvgIpc) is 2.51. The third-order valence-electron chi connectivity index (χ3n) is 2.77. The van der Waals surface area contributed by atoms with E-state index in [0.717, 1.165) is 6.08 Å². The quantitative estimate of drug-likeness (QED) is 0.632. The molecule has 2 aromatic carbocycles. The number of carbonyl (C=O) groups excluding carboxylic acids is 2. The van der Waals surface area contributed by atoms with Gasteiger partial charge in [-0.2, -0.15) is 0 Å². The molecule has 0 heterocycles. The number of hydrogen-bond acceptors (Lipinski definition) is 3. The summed E-state index contributed by atoms with van der Waals surface area (Å²) in [4.78, 5) is 23.3. The van der Waals surface area contributed by atoms with Crippen molar-refractivity contribution < 1.29 is 18.7 Å². The van der Waals surface area contributed by atoms with Gasteiger partial charge in [0.1, 0.15) is 5.82 Å². The van der Waals surface area contributed by atoms with Gasteiger partial charge >= 0.3 is 5.97 Å². The Labute approximate surface area is 147 Å². The Morgan fingerprint density at radius 1 is 1.08 bits per heavy atom. The molecule has 7 heteroatoms. The van der Waals surface area contributed by atoms with Gasteiger partial charge in [0.05, 0.1) is 0 Å². The van der Waals surface area contributed by atoms with Crippen LogP contribution < -0.4 is 5.32 Å². The molecule has 0 bridgehead atoms. The van der Waals surface area contributed by atoms with Crippen LogP contribution in [0.25, 0.3) is 6.08 Å². The molecule has 0 aliphatic heterocycles. The molecule has 24 heavy (non-hydrogen) atoms. The zero-order valence-corrected chi connectivity index (χ0v) is 13.8. The van der Waals surface area contributed by atoms with Crippen molar-refractivity contribution in [3.63, 3.8) is 0 Å². The Hall–Kier alpha value is -2.37. The van der Waals surface area contributed by atoms with Gasteiger partial charge in [0.2, 0.25) is 0 Å². The second-order valence-corrected chi connectivity index (χ2v) is 5.57. The lowest BCUT2D eigenvalue weighted by molar-refractivity contribution is -0.142. The summed E-state index contributed by atoms with van der Waals surface area (Å²) in [6, 6.07) is 10.1. The van der Waals surface area contributed by atoms with E-state index in [1.54, 1.807) is 0 Å². The lowest BCUT2D eigenvalue weighted by Gasteiger charge is -2.06. The van der Waals surface area contributed by atoms with Crippen LogP contribution in [0.5, 0.6) is 0 Å². The Morgan fingerprint density at radius 3 is 2.33 bits per heavy atom. The van der Waals surface area contributed by atoms with Gasteiger partial charge in [-0.1, -0.05) is 35.3 Å². The highest BCUT2D eigenvalue weighted by Gasteiger charge is 2.07. The van der Waals surface area contributed by atoms with Gasteiger partial charge in [0.15, 0.2) is 6.61 Å². The van der Waals surface area contributed by atoms with Crippen LogP contribution in [0.1, 0.15) is 5.56 Å². The van der Waals surface area contributed by atoms with E-state index in [-0.39, 0.29) is 5.82 Å². The SMILES string of the molecule is O=C(COC(=O)C=Cc1ccc(F)cc1)Nc1cc(Cl)cc(Cl)c1. The lowest BCUT2D eigenvalue weighted by atomic mass is 10.2. The van der Waals surface area contributed by atoms with Crippen LogP contribution in [0, 0.1) is 5.82 Å². The number of benzene rings is 2. The lowest BCUT2D eigenvalue weighted by Crippen LogP contribution is -2.20. The van der Waals surface area contributed by atoms with Crippen molar-refractivity contribution in [1.82, 2.24) is 0 Å². The van der Waals surface area contributed by atoms with Gasteiger partial charge in [-0.3, -0.25) is 4.79 Å². The molecule has 0 atom stereocenters. The topological polar surface area (TPSA) is 55.4 Å². The van der Waals surface area contributed by atoms with E-state index < -0.39 is 18.5 Å².